The van der Waals surface area contributed by atoms with Crippen molar-refractivity contribution in [3.8, 4) is 0 Å². The van der Waals surface area contributed by atoms with Crippen molar-refractivity contribution in [2.75, 3.05) is 49.9 Å². The quantitative estimate of drug-likeness (QED) is 0.486. The minimum atomic E-state index is 0.0902. The lowest BCUT2D eigenvalue weighted by Crippen LogP contribution is -2.48. The Morgan fingerprint density at radius 1 is 1.06 bits per heavy atom. The van der Waals surface area contributed by atoms with Gasteiger partial charge in [0.05, 0.1) is 5.75 Å². The average Bonchev–Trinajstić information content (AvgIpc) is 3.29. The van der Waals surface area contributed by atoms with Crippen LogP contribution in [0.1, 0.15) is 17.0 Å². The minimum Gasteiger partial charge on any atom is -0.354 e. The van der Waals surface area contributed by atoms with Gasteiger partial charge in [-0.3, -0.25) is 9.69 Å². The number of anilines is 1. The number of carbonyl (C=O) groups is 1. The number of nitrogens with zero attached hydrogens (tertiary/aromatic N) is 4. The molecular formula is C24H29N5OS2. The average molecular weight is 468 g/mol. The third kappa shape index (κ3) is 6.79. The molecule has 3 aromatic rings. The van der Waals surface area contributed by atoms with E-state index >= 15 is 0 Å². The Balaban J connectivity index is 1.14. The Morgan fingerprint density at radius 3 is 2.56 bits per heavy atom. The lowest BCUT2D eigenvalue weighted by atomic mass is 10.1. The lowest BCUT2D eigenvalue weighted by Gasteiger charge is -2.34. The molecule has 0 radical (unpaired) electrons. The maximum atomic E-state index is 12.1. The molecule has 8 heteroatoms. The molecule has 0 atom stereocenters. The Labute approximate surface area is 198 Å². The minimum absolute atomic E-state index is 0.0902. The second-order valence-electron chi connectivity index (χ2n) is 7.94. The van der Waals surface area contributed by atoms with Gasteiger partial charge in [0.2, 0.25) is 11.0 Å². The number of thioether (sulfide) groups is 1. The molecule has 168 valence electrons. The van der Waals surface area contributed by atoms with Crippen LogP contribution in [-0.4, -0.2) is 65.2 Å². The number of aromatic nitrogens is 2. The second-order valence-corrected chi connectivity index (χ2v) is 9.71. The molecule has 1 saturated heterocycles. The highest BCUT2D eigenvalue weighted by atomic mass is 32.2. The summed E-state index contributed by atoms with van der Waals surface area (Å²) < 4.78 is 4.56. The van der Waals surface area contributed by atoms with E-state index in [-0.39, 0.29) is 5.91 Å². The van der Waals surface area contributed by atoms with Crippen molar-refractivity contribution < 1.29 is 4.79 Å². The first-order valence-electron chi connectivity index (χ1n) is 11.0. The molecule has 2 heterocycles. The van der Waals surface area contributed by atoms with E-state index in [0.717, 1.165) is 55.0 Å². The van der Waals surface area contributed by atoms with Gasteiger partial charge in [0.1, 0.15) is 5.82 Å². The van der Waals surface area contributed by atoms with E-state index in [1.165, 1.54) is 22.7 Å². The van der Waals surface area contributed by atoms with Crippen LogP contribution < -0.4 is 10.2 Å². The molecule has 6 nitrogen and oxygen atoms in total. The highest BCUT2D eigenvalue weighted by molar-refractivity contribution is 8.00. The van der Waals surface area contributed by atoms with E-state index in [0.29, 0.717) is 12.3 Å². The molecule has 0 aliphatic carbocycles. The van der Waals surface area contributed by atoms with Gasteiger partial charge >= 0.3 is 0 Å². The number of carbonyl (C=O) groups excluding carboxylic acids is 1. The molecule has 1 aliphatic rings. The maximum Gasteiger partial charge on any atom is 0.230 e. The van der Waals surface area contributed by atoms with Crippen molar-refractivity contribution in [3.05, 3.63) is 71.5 Å². The van der Waals surface area contributed by atoms with E-state index in [4.69, 9.17) is 4.98 Å². The molecule has 1 fully saturated rings. The maximum absolute atomic E-state index is 12.1. The van der Waals surface area contributed by atoms with E-state index in [1.54, 1.807) is 11.8 Å². The van der Waals surface area contributed by atoms with Crippen LogP contribution >= 0.6 is 23.3 Å². The third-order valence-corrected chi connectivity index (χ3v) is 7.27. The van der Waals surface area contributed by atoms with Gasteiger partial charge in [-0.2, -0.15) is 4.37 Å². The van der Waals surface area contributed by atoms with Gasteiger partial charge in [0, 0.05) is 62.1 Å². The van der Waals surface area contributed by atoms with Gasteiger partial charge in [-0.15, -0.1) is 11.8 Å². The van der Waals surface area contributed by atoms with Crippen LogP contribution in [0.4, 0.5) is 5.13 Å². The van der Waals surface area contributed by atoms with Gasteiger partial charge in [-0.25, -0.2) is 4.98 Å². The first-order valence-corrected chi connectivity index (χ1v) is 12.7. The van der Waals surface area contributed by atoms with E-state index < -0.39 is 0 Å². The third-order valence-electron chi connectivity index (χ3n) is 5.45. The fraction of sp³-hybridized carbons (Fsp3) is 0.375. The largest absolute Gasteiger partial charge is 0.354 e. The molecule has 0 unspecified atom stereocenters. The summed E-state index contributed by atoms with van der Waals surface area (Å²) in [6.45, 7) is 7.50. The molecule has 32 heavy (non-hydrogen) atoms. The van der Waals surface area contributed by atoms with Crippen molar-refractivity contribution in [1.29, 1.82) is 0 Å². The Morgan fingerprint density at radius 2 is 1.81 bits per heavy atom. The Hall–Kier alpha value is -2.42. The number of benzene rings is 2. The summed E-state index contributed by atoms with van der Waals surface area (Å²) in [5.74, 6) is 1.44. The van der Waals surface area contributed by atoms with Gasteiger partial charge in [0.15, 0.2) is 0 Å². The number of hydrogen-bond acceptors (Lipinski definition) is 7. The lowest BCUT2D eigenvalue weighted by molar-refractivity contribution is -0.118. The SMILES string of the molecule is Cc1ccc(Cc2nsc(N3CCN(CCNC(=O)CSc4ccccc4)CC3)n2)cc1. The van der Waals surface area contributed by atoms with E-state index in [1.807, 2.05) is 30.3 Å². The number of hydrogen-bond donors (Lipinski definition) is 1. The molecule has 2 aromatic carbocycles. The van der Waals surface area contributed by atoms with Crippen molar-refractivity contribution in [2.24, 2.45) is 0 Å². The highest BCUT2D eigenvalue weighted by Gasteiger charge is 2.20. The molecule has 0 bridgehead atoms. The molecule has 4 rings (SSSR count). The van der Waals surface area contributed by atoms with Crippen LogP contribution in [0.3, 0.4) is 0 Å². The fourth-order valence-electron chi connectivity index (χ4n) is 3.57. The van der Waals surface area contributed by atoms with Crippen LogP contribution in [0.15, 0.2) is 59.5 Å². The van der Waals surface area contributed by atoms with Gasteiger partial charge < -0.3 is 10.2 Å². The first kappa shape index (κ1) is 22.8. The van der Waals surface area contributed by atoms with Crippen molar-refractivity contribution in [3.63, 3.8) is 0 Å². The van der Waals surface area contributed by atoms with Gasteiger partial charge in [-0.05, 0) is 24.6 Å². The standard InChI is InChI=1S/C24H29N5OS2/c1-19-7-9-20(10-8-19)17-22-26-24(32-27-22)29-15-13-28(14-16-29)12-11-25-23(30)18-31-21-5-3-2-4-6-21/h2-10H,11-18H2,1H3,(H,25,30). The number of piperazine rings is 1. The summed E-state index contributed by atoms with van der Waals surface area (Å²) in [5, 5.41) is 4.05. The predicted molar refractivity (Wildman–Crippen MR) is 133 cm³/mol. The van der Waals surface area contributed by atoms with Crippen LogP contribution in [-0.2, 0) is 11.2 Å². The normalized spacial score (nSPS) is 14.5. The summed E-state index contributed by atoms with van der Waals surface area (Å²) in [7, 11) is 0. The topological polar surface area (TPSA) is 61.4 Å². The zero-order valence-corrected chi connectivity index (χ0v) is 20.0. The Kier molecular flexibility index (Phi) is 8.14. The fourth-order valence-corrected chi connectivity index (χ4v) is 5.05. The summed E-state index contributed by atoms with van der Waals surface area (Å²) in [4.78, 5) is 22.7. The summed E-state index contributed by atoms with van der Waals surface area (Å²) >= 11 is 3.06. The van der Waals surface area contributed by atoms with E-state index in [2.05, 4.69) is 50.7 Å². The predicted octanol–water partition coefficient (Wildman–Crippen LogP) is 3.47. The molecule has 1 aromatic heterocycles. The zero-order chi connectivity index (χ0) is 22.2. The van der Waals surface area contributed by atoms with E-state index in [9.17, 15) is 4.79 Å². The number of rotatable bonds is 9. The number of nitrogens with one attached hydrogen (secondary N) is 1. The number of amides is 1. The van der Waals surface area contributed by atoms with Crippen molar-refractivity contribution in [2.45, 2.75) is 18.2 Å². The molecule has 1 amide bonds. The summed E-state index contributed by atoms with van der Waals surface area (Å²) in [5.41, 5.74) is 2.51. The smallest absolute Gasteiger partial charge is 0.230 e. The zero-order valence-electron chi connectivity index (χ0n) is 18.4. The summed E-state index contributed by atoms with van der Waals surface area (Å²) in [6.07, 6.45) is 0.777. The highest BCUT2D eigenvalue weighted by Crippen LogP contribution is 2.20. The van der Waals surface area contributed by atoms with Crippen LogP contribution in [0.25, 0.3) is 0 Å². The molecule has 1 N–H and O–H groups in total. The van der Waals surface area contributed by atoms with Crippen LogP contribution in [0.5, 0.6) is 0 Å². The molecular weight excluding hydrogens is 438 g/mol. The van der Waals surface area contributed by atoms with Crippen molar-refractivity contribution >= 4 is 34.3 Å². The van der Waals surface area contributed by atoms with Gasteiger partial charge in [-0.1, -0.05) is 48.0 Å². The Bertz CT molecular complexity index is 985. The number of aryl methyl sites for hydroxylation is 1. The molecule has 0 spiro atoms. The monoisotopic (exact) mass is 467 g/mol. The molecule has 0 saturated carbocycles. The summed E-state index contributed by atoms with van der Waals surface area (Å²) in [6, 6.07) is 18.6. The van der Waals surface area contributed by atoms with Crippen LogP contribution in [0.2, 0.25) is 0 Å². The van der Waals surface area contributed by atoms with Crippen molar-refractivity contribution in [1.82, 2.24) is 19.6 Å². The second kappa shape index (κ2) is 11.4. The van der Waals surface area contributed by atoms with Gasteiger partial charge in [0.25, 0.3) is 0 Å². The first-order chi connectivity index (χ1) is 15.7. The van der Waals surface area contributed by atoms with Crippen LogP contribution in [0, 0.1) is 6.92 Å². The molecule has 1 aliphatic heterocycles.